The first-order valence-electron chi connectivity index (χ1n) is 6.77. The highest BCUT2D eigenvalue weighted by atomic mass is 32.2. The van der Waals surface area contributed by atoms with Gasteiger partial charge in [0.05, 0.1) is 6.10 Å². The Morgan fingerprint density at radius 1 is 1.44 bits per heavy atom. The van der Waals surface area contributed by atoms with E-state index in [1.165, 1.54) is 18.6 Å². The van der Waals surface area contributed by atoms with Crippen LogP contribution < -0.4 is 10.6 Å². The molecular weight excluding hydrogens is 248 g/mol. The van der Waals surface area contributed by atoms with E-state index in [9.17, 15) is 9.90 Å². The Balaban J connectivity index is 2.10. The van der Waals surface area contributed by atoms with Crippen LogP contribution in [0.3, 0.4) is 0 Å². The van der Waals surface area contributed by atoms with Crippen molar-refractivity contribution in [3.05, 3.63) is 0 Å². The van der Waals surface area contributed by atoms with Crippen molar-refractivity contribution in [3.8, 4) is 0 Å². The third kappa shape index (κ3) is 5.48. The van der Waals surface area contributed by atoms with Crippen molar-refractivity contribution in [2.75, 3.05) is 18.8 Å². The predicted molar refractivity (Wildman–Crippen MR) is 77.0 cm³/mol. The molecule has 4 nitrogen and oxygen atoms in total. The number of amides is 2. The first kappa shape index (κ1) is 15.6. The molecule has 0 saturated carbocycles. The molecule has 0 radical (unpaired) electrons. The largest absolute Gasteiger partial charge is 0.393 e. The third-order valence-corrected chi connectivity index (χ3v) is 4.96. The van der Waals surface area contributed by atoms with Crippen molar-refractivity contribution in [3.63, 3.8) is 0 Å². The van der Waals surface area contributed by atoms with Crippen LogP contribution in [0.5, 0.6) is 0 Å². The molecule has 1 fully saturated rings. The molecule has 2 amide bonds. The zero-order valence-corrected chi connectivity index (χ0v) is 12.5. The molecule has 0 spiro atoms. The van der Waals surface area contributed by atoms with Crippen molar-refractivity contribution >= 4 is 17.8 Å². The molecule has 2 unspecified atom stereocenters. The molecule has 1 aliphatic heterocycles. The lowest BCUT2D eigenvalue weighted by Gasteiger charge is -2.23. The molecule has 0 aromatic carbocycles. The molecule has 0 aromatic heterocycles. The Morgan fingerprint density at radius 2 is 2.17 bits per heavy atom. The van der Waals surface area contributed by atoms with E-state index < -0.39 is 0 Å². The maximum absolute atomic E-state index is 11.6. The maximum Gasteiger partial charge on any atom is 0.314 e. The summed E-state index contributed by atoms with van der Waals surface area (Å²) >= 11 is 1.94. The molecule has 1 saturated heterocycles. The second-order valence-corrected chi connectivity index (χ2v) is 7.29. The summed E-state index contributed by atoms with van der Waals surface area (Å²) in [4.78, 5) is 11.6. The van der Waals surface area contributed by atoms with Gasteiger partial charge in [-0.15, -0.1) is 0 Å². The Kier molecular flexibility index (Phi) is 6.29. The number of urea groups is 1. The van der Waals surface area contributed by atoms with E-state index in [0.29, 0.717) is 13.0 Å². The summed E-state index contributed by atoms with van der Waals surface area (Å²) in [6, 6.07) is -0.125. The first-order valence-corrected chi connectivity index (χ1v) is 7.75. The Hall–Kier alpha value is -0.420. The van der Waals surface area contributed by atoms with Crippen LogP contribution in [-0.2, 0) is 0 Å². The zero-order chi connectivity index (χ0) is 13.6. The minimum Gasteiger partial charge on any atom is -0.393 e. The SMILES string of the molecule is CC(C)C(O)CCNC(=O)NCC1(C)CCCS1. The van der Waals surface area contributed by atoms with Gasteiger partial charge in [-0.3, -0.25) is 0 Å². The third-order valence-electron chi connectivity index (χ3n) is 3.42. The number of rotatable bonds is 6. The molecular formula is C13H26N2O2S. The second kappa shape index (κ2) is 7.24. The van der Waals surface area contributed by atoms with Gasteiger partial charge in [-0.1, -0.05) is 13.8 Å². The summed E-state index contributed by atoms with van der Waals surface area (Å²) < 4.78 is 0.203. The van der Waals surface area contributed by atoms with Crippen LogP contribution in [0, 0.1) is 5.92 Å². The molecule has 2 atom stereocenters. The highest BCUT2D eigenvalue weighted by molar-refractivity contribution is 8.00. The molecule has 18 heavy (non-hydrogen) atoms. The van der Waals surface area contributed by atoms with E-state index in [-0.39, 0.29) is 22.8 Å². The number of aliphatic hydroxyl groups is 1. The number of hydrogen-bond acceptors (Lipinski definition) is 3. The van der Waals surface area contributed by atoms with E-state index in [2.05, 4.69) is 17.6 Å². The molecule has 0 bridgehead atoms. The number of carbonyl (C=O) groups is 1. The summed E-state index contributed by atoms with van der Waals surface area (Å²) in [5, 5.41) is 15.3. The zero-order valence-electron chi connectivity index (χ0n) is 11.7. The van der Waals surface area contributed by atoms with Gasteiger partial charge >= 0.3 is 6.03 Å². The van der Waals surface area contributed by atoms with Crippen LogP contribution in [0.2, 0.25) is 0 Å². The van der Waals surface area contributed by atoms with E-state index in [1.807, 2.05) is 25.6 Å². The molecule has 0 aliphatic carbocycles. The van der Waals surface area contributed by atoms with Crippen LogP contribution >= 0.6 is 11.8 Å². The van der Waals surface area contributed by atoms with Gasteiger partial charge in [-0.05, 0) is 37.9 Å². The van der Waals surface area contributed by atoms with Crippen LogP contribution in [0.15, 0.2) is 0 Å². The van der Waals surface area contributed by atoms with Crippen LogP contribution in [0.4, 0.5) is 4.79 Å². The normalized spacial score (nSPS) is 25.2. The highest BCUT2D eigenvalue weighted by Crippen LogP contribution is 2.36. The molecule has 3 N–H and O–H groups in total. The summed E-state index contributed by atoms with van der Waals surface area (Å²) in [5.41, 5.74) is 0. The summed E-state index contributed by atoms with van der Waals surface area (Å²) in [6.07, 6.45) is 2.68. The summed E-state index contributed by atoms with van der Waals surface area (Å²) in [5.74, 6) is 1.43. The highest BCUT2D eigenvalue weighted by Gasteiger charge is 2.29. The number of nitrogens with one attached hydrogen (secondary N) is 2. The standard InChI is InChI=1S/C13H26N2O2S/c1-10(2)11(16)5-7-14-12(17)15-9-13(3)6-4-8-18-13/h10-11,16H,4-9H2,1-3H3,(H2,14,15,17). The number of aliphatic hydroxyl groups excluding tert-OH is 1. The molecule has 1 rings (SSSR count). The van der Waals surface area contributed by atoms with Crippen molar-refractivity contribution < 1.29 is 9.90 Å². The Labute approximate surface area is 114 Å². The minimum absolute atomic E-state index is 0.125. The van der Waals surface area contributed by atoms with E-state index in [1.54, 1.807) is 0 Å². The maximum atomic E-state index is 11.6. The fraction of sp³-hybridized carbons (Fsp3) is 0.923. The van der Waals surface area contributed by atoms with E-state index in [0.717, 1.165) is 6.54 Å². The van der Waals surface area contributed by atoms with Crippen LogP contribution in [-0.4, -0.2) is 40.8 Å². The monoisotopic (exact) mass is 274 g/mol. The molecule has 0 aromatic rings. The van der Waals surface area contributed by atoms with Crippen LogP contribution in [0.1, 0.15) is 40.0 Å². The van der Waals surface area contributed by atoms with Gasteiger partial charge in [-0.2, -0.15) is 11.8 Å². The number of hydrogen-bond donors (Lipinski definition) is 3. The van der Waals surface area contributed by atoms with Gasteiger partial charge in [0.25, 0.3) is 0 Å². The average molecular weight is 274 g/mol. The fourth-order valence-corrected chi connectivity index (χ4v) is 3.22. The summed E-state index contributed by atoms with van der Waals surface area (Å²) in [6.45, 7) is 7.39. The van der Waals surface area contributed by atoms with Gasteiger partial charge in [0.1, 0.15) is 0 Å². The smallest absolute Gasteiger partial charge is 0.314 e. The predicted octanol–water partition coefficient (Wildman–Crippen LogP) is 1.98. The minimum atomic E-state index is -0.340. The lowest BCUT2D eigenvalue weighted by molar-refractivity contribution is 0.116. The first-order chi connectivity index (χ1) is 8.43. The molecule has 1 heterocycles. The Morgan fingerprint density at radius 3 is 2.72 bits per heavy atom. The fourth-order valence-electron chi connectivity index (χ4n) is 1.97. The van der Waals surface area contributed by atoms with Gasteiger partial charge in [0, 0.05) is 17.8 Å². The molecule has 5 heteroatoms. The molecule has 1 aliphatic rings. The van der Waals surface area contributed by atoms with E-state index in [4.69, 9.17) is 0 Å². The van der Waals surface area contributed by atoms with E-state index >= 15 is 0 Å². The number of thioether (sulfide) groups is 1. The van der Waals surface area contributed by atoms with Crippen molar-refractivity contribution in [1.82, 2.24) is 10.6 Å². The Bertz CT molecular complexity index is 266. The van der Waals surface area contributed by atoms with Gasteiger partial charge in [0.2, 0.25) is 0 Å². The summed E-state index contributed by atoms with van der Waals surface area (Å²) in [7, 11) is 0. The average Bonchev–Trinajstić information content (AvgIpc) is 2.74. The van der Waals surface area contributed by atoms with Gasteiger partial charge in [0.15, 0.2) is 0 Å². The topological polar surface area (TPSA) is 61.4 Å². The van der Waals surface area contributed by atoms with Gasteiger partial charge in [-0.25, -0.2) is 4.79 Å². The second-order valence-electron chi connectivity index (χ2n) is 5.61. The van der Waals surface area contributed by atoms with Crippen molar-refractivity contribution in [2.24, 2.45) is 5.92 Å². The van der Waals surface area contributed by atoms with Crippen molar-refractivity contribution in [2.45, 2.75) is 50.9 Å². The van der Waals surface area contributed by atoms with Crippen molar-refractivity contribution in [1.29, 1.82) is 0 Å². The van der Waals surface area contributed by atoms with Crippen LogP contribution in [0.25, 0.3) is 0 Å². The number of carbonyl (C=O) groups excluding carboxylic acids is 1. The molecule has 106 valence electrons. The quantitative estimate of drug-likeness (QED) is 0.694. The van der Waals surface area contributed by atoms with Gasteiger partial charge < -0.3 is 15.7 Å². The lowest BCUT2D eigenvalue weighted by atomic mass is 10.0. The lowest BCUT2D eigenvalue weighted by Crippen LogP contribution is -2.43.